The van der Waals surface area contributed by atoms with Crippen LogP contribution in [0.2, 0.25) is 0 Å². The minimum absolute atomic E-state index is 0.0593. The fourth-order valence-electron chi connectivity index (χ4n) is 2.12. The molecule has 2 nitrogen and oxygen atoms in total. The summed E-state index contributed by atoms with van der Waals surface area (Å²) in [6.07, 6.45) is 0. The lowest BCUT2D eigenvalue weighted by molar-refractivity contribution is 0.289. The Morgan fingerprint density at radius 3 is 2.43 bits per heavy atom. The highest BCUT2D eigenvalue weighted by molar-refractivity contribution is 5.27. The summed E-state index contributed by atoms with van der Waals surface area (Å²) in [7, 11) is 1.93. The molecule has 0 aromatic heterocycles. The number of hydrogen-bond acceptors (Lipinski definition) is 2. The third-order valence-electron chi connectivity index (χ3n) is 3.35. The molecule has 0 saturated carbocycles. The molecule has 0 fully saturated rings. The number of benzene rings is 2. The summed E-state index contributed by atoms with van der Waals surface area (Å²) >= 11 is 0. The van der Waals surface area contributed by atoms with Crippen LogP contribution in [0.15, 0.2) is 42.5 Å². The van der Waals surface area contributed by atoms with Crippen molar-refractivity contribution < 1.29 is 13.5 Å². The second-order valence-corrected chi connectivity index (χ2v) is 5.06. The van der Waals surface area contributed by atoms with Crippen LogP contribution in [0, 0.1) is 11.6 Å². The van der Waals surface area contributed by atoms with E-state index in [1.54, 1.807) is 0 Å². The average Bonchev–Trinajstić information content (AvgIpc) is 2.47. The predicted molar refractivity (Wildman–Crippen MR) is 79.5 cm³/mol. The van der Waals surface area contributed by atoms with Gasteiger partial charge in [-0.1, -0.05) is 31.2 Å². The zero-order chi connectivity index (χ0) is 15.2. The van der Waals surface area contributed by atoms with Gasteiger partial charge >= 0.3 is 0 Å². The zero-order valence-electron chi connectivity index (χ0n) is 12.2. The molecule has 1 N–H and O–H groups in total. The van der Waals surface area contributed by atoms with Crippen LogP contribution < -0.4 is 10.1 Å². The lowest BCUT2D eigenvalue weighted by Gasteiger charge is -2.12. The molecule has 2 aromatic rings. The van der Waals surface area contributed by atoms with Gasteiger partial charge in [-0.15, -0.1) is 0 Å². The molecule has 0 bridgehead atoms. The summed E-state index contributed by atoms with van der Waals surface area (Å²) in [5, 5.41) is 3.14. The quantitative estimate of drug-likeness (QED) is 0.872. The molecule has 0 aliphatic carbocycles. The van der Waals surface area contributed by atoms with Crippen LogP contribution >= 0.6 is 0 Å². The van der Waals surface area contributed by atoms with Crippen molar-refractivity contribution in [3.8, 4) is 5.75 Å². The van der Waals surface area contributed by atoms with Gasteiger partial charge in [0.15, 0.2) is 11.6 Å². The third-order valence-corrected chi connectivity index (χ3v) is 3.35. The van der Waals surface area contributed by atoms with E-state index in [0.717, 1.165) is 18.2 Å². The van der Waals surface area contributed by atoms with Gasteiger partial charge in [-0.25, -0.2) is 8.78 Å². The summed E-state index contributed by atoms with van der Waals surface area (Å²) in [5.41, 5.74) is 2.18. The maximum Gasteiger partial charge on any atom is 0.167 e. The maximum absolute atomic E-state index is 13.4. The molecule has 4 heteroatoms. The average molecular weight is 291 g/mol. The molecule has 0 spiro atoms. The molecule has 1 atom stereocenters. The van der Waals surface area contributed by atoms with Gasteiger partial charge in [0.2, 0.25) is 0 Å². The number of nitrogens with one attached hydrogen (secondary N) is 1. The van der Waals surface area contributed by atoms with Crippen LogP contribution in [0.3, 0.4) is 0 Å². The van der Waals surface area contributed by atoms with E-state index in [9.17, 15) is 8.78 Å². The highest BCUT2D eigenvalue weighted by Gasteiger charge is 2.06. The van der Waals surface area contributed by atoms with Gasteiger partial charge < -0.3 is 10.1 Å². The number of ether oxygens (including phenoxy) is 1. The van der Waals surface area contributed by atoms with Crippen LogP contribution in [-0.2, 0) is 6.61 Å². The molecule has 21 heavy (non-hydrogen) atoms. The van der Waals surface area contributed by atoms with Crippen LogP contribution in [0.5, 0.6) is 5.75 Å². The lowest BCUT2D eigenvalue weighted by Crippen LogP contribution is -2.14. The van der Waals surface area contributed by atoms with E-state index in [0.29, 0.717) is 5.92 Å². The Hall–Kier alpha value is -1.94. The fraction of sp³-hybridized carbons (Fsp3) is 0.294. The first kappa shape index (κ1) is 15.4. The second kappa shape index (κ2) is 7.18. The van der Waals surface area contributed by atoms with Crippen molar-refractivity contribution in [3.63, 3.8) is 0 Å². The Morgan fingerprint density at radius 1 is 1.10 bits per heavy atom. The molecule has 0 radical (unpaired) electrons. The highest BCUT2D eigenvalue weighted by atomic mass is 19.1. The summed E-state index contributed by atoms with van der Waals surface area (Å²) in [5.74, 6) is -0.805. The van der Waals surface area contributed by atoms with Crippen molar-refractivity contribution in [1.29, 1.82) is 0 Å². The molecular weight excluding hydrogens is 272 g/mol. The SMILES string of the molecule is CNCC(C)c1ccc(COc2ccc(F)cc2F)cc1. The van der Waals surface area contributed by atoms with E-state index in [2.05, 4.69) is 12.2 Å². The van der Waals surface area contributed by atoms with Crippen LogP contribution in [0.1, 0.15) is 24.0 Å². The Bertz CT molecular complexity index is 584. The molecule has 0 amide bonds. The van der Waals surface area contributed by atoms with Gasteiger partial charge in [0, 0.05) is 12.6 Å². The summed E-state index contributed by atoms with van der Waals surface area (Å²) in [6.45, 7) is 3.32. The predicted octanol–water partition coefficient (Wildman–Crippen LogP) is 3.87. The lowest BCUT2D eigenvalue weighted by atomic mass is 10.00. The van der Waals surface area contributed by atoms with E-state index in [1.807, 2.05) is 31.3 Å². The summed E-state index contributed by atoms with van der Waals surface area (Å²) in [6, 6.07) is 11.3. The molecule has 0 aliphatic rings. The van der Waals surface area contributed by atoms with Gasteiger partial charge in [-0.05, 0) is 36.2 Å². The van der Waals surface area contributed by atoms with Crippen LogP contribution in [0.25, 0.3) is 0 Å². The van der Waals surface area contributed by atoms with Gasteiger partial charge in [0.05, 0.1) is 0 Å². The number of likely N-dealkylation sites (N-methyl/N-ethyl adjacent to an activating group) is 1. The van der Waals surface area contributed by atoms with E-state index in [-0.39, 0.29) is 12.4 Å². The smallest absolute Gasteiger partial charge is 0.167 e. The fourth-order valence-corrected chi connectivity index (χ4v) is 2.12. The standard InChI is InChI=1S/C17H19F2NO/c1-12(10-20-2)14-5-3-13(4-6-14)11-21-17-8-7-15(18)9-16(17)19/h3-9,12,20H,10-11H2,1-2H3. The molecule has 112 valence electrons. The van der Waals surface area contributed by atoms with Gasteiger partial charge in [-0.3, -0.25) is 0 Å². The monoisotopic (exact) mass is 291 g/mol. The number of rotatable bonds is 6. The molecule has 1 unspecified atom stereocenters. The van der Waals surface area contributed by atoms with E-state index in [1.165, 1.54) is 17.7 Å². The first-order valence-corrected chi connectivity index (χ1v) is 6.91. The highest BCUT2D eigenvalue weighted by Crippen LogP contribution is 2.20. The number of halogens is 2. The minimum Gasteiger partial charge on any atom is -0.486 e. The molecule has 0 aliphatic heterocycles. The zero-order valence-corrected chi connectivity index (χ0v) is 12.2. The molecule has 0 saturated heterocycles. The molecule has 2 aromatic carbocycles. The summed E-state index contributed by atoms with van der Waals surface area (Å²) in [4.78, 5) is 0. The van der Waals surface area contributed by atoms with E-state index < -0.39 is 11.6 Å². The van der Waals surface area contributed by atoms with E-state index >= 15 is 0 Å². The van der Waals surface area contributed by atoms with Gasteiger partial charge in [-0.2, -0.15) is 0 Å². The largest absolute Gasteiger partial charge is 0.486 e. The topological polar surface area (TPSA) is 21.3 Å². The second-order valence-electron chi connectivity index (χ2n) is 5.06. The maximum atomic E-state index is 13.4. The van der Waals surface area contributed by atoms with Crippen molar-refractivity contribution in [2.75, 3.05) is 13.6 Å². The normalized spacial score (nSPS) is 12.2. The third kappa shape index (κ3) is 4.26. The minimum atomic E-state index is -0.686. The van der Waals surface area contributed by atoms with Gasteiger partial charge in [0.1, 0.15) is 12.4 Å². The molecule has 2 rings (SSSR count). The Morgan fingerprint density at radius 2 is 1.81 bits per heavy atom. The van der Waals surface area contributed by atoms with Crippen molar-refractivity contribution in [2.24, 2.45) is 0 Å². The first-order chi connectivity index (χ1) is 10.1. The van der Waals surface area contributed by atoms with Crippen molar-refractivity contribution in [2.45, 2.75) is 19.4 Å². The Labute approximate surface area is 123 Å². The van der Waals surface area contributed by atoms with Crippen LogP contribution in [0.4, 0.5) is 8.78 Å². The van der Waals surface area contributed by atoms with Crippen molar-refractivity contribution in [3.05, 3.63) is 65.2 Å². The van der Waals surface area contributed by atoms with Gasteiger partial charge in [0.25, 0.3) is 0 Å². The molecular formula is C17H19F2NO. The Balaban J connectivity index is 1.97. The van der Waals surface area contributed by atoms with Crippen molar-refractivity contribution >= 4 is 0 Å². The molecule has 0 heterocycles. The van der Waals surface area contributed by atoms with Crippen LogP contribution in [-0.4, -0.2) is 13.6 Å². The summed E-state index contributed by atoms with van der Waals surface area (Å²) < 4.78 is 31.6. The van der Waals surface area contributed by atoms with Crippen molar-refractivity contribution in [1.82, 2.24) is 5.32 Å². The Kier molecular flexibility index (Phi) is 5.28. The van der Waals surface area contributed by atoms with E-state index in [4.69, 9.17) is 4.74 Å². The number of hydrogen-bond donors (Lipinski definition) is 1. The first-order valence-electron chi connectivity index (χ1n) is 6.91.